The molecule has 0 bridgehead atoms. The van der Waals surface area contributed by atoms with Gasteiger partial charge in [-0.1, -0.05) is 0 Å². The predicted octanol–water partition coefficient (Wildman–Crippen LogP) is 1.15. The zero-order valence-corrected chi connectivity index (χ0v) is 8.78. The van der Waals surface area contributed by atoms with Gasteiger partial charge in [-0.05, 0) is 20.3 Å². The summed E-state index contributed by atoms with van der Waals surface area (Å²) in [7, 11) is 0. The second-order valence-corrected chi connectivity index (χ2v) is 4.43. The maximum atomic E-state index is 10.7. The number of ether oxygens (including phenoxy) is 2. The van der Waals surface area contributed by atoms with E-state index in [0.717, 1.165) is 19.6 Å². The Balaban J connectivity index is 2.16. The van der Waals surface area contributed by atoms with E-state index in [1.54, 1.807) is 13.8 Å². The van der Waals surface area contributed by atoms with Gasteiger partial charge in [0.2, 0.25) is 0 Å². The van der Waals surface area contributed by atoms with Crippen molar-refractivity contribution in [3.63, 3.8) is 0 Å². The van der Waals surface area contributed by atoms with Crippen molar-refractivity contribution in [3.05, 3.63) is 0 Å². The molecular weight excluding hydrogens is 184 g/mol. The van der Waals surface area contributed by atoms with Crippen LogP contribution >= 0.6 is 0 Å². The van der Waals surface area contributed by atoms with Crippen molar-refractivity contribution < 1.29 is 19.4 Å². The molecule has 0 radical (unpaired) electrons. The van der Waals surface area contributed by atoms with Gasteiger partial charge >= 0.3 is 5.97 Å². The second kappa shape index (κ2) is 4.75. The van der Waals surface area contributed by atoms with Crippen LogP contribution in [0.3, 0.4) is 0 Å². The Kier molecular flexibility index (Phi) is 3.89. The molecule has 0 aromatic heterocycles. The molecule has 1 fully saturated rings. The Labute approximate surface area is 84.2 Å². The molecule has 1 aliphatic heterocycles. The van der Waals surface area contributed by atoms with E-state index in [1.807, 2.05) is 0 Å². The first-order valence-corrected chi connectivity index (χ1v) is 4.91. The van der Waals surface area contributed by atoms with Crippen LogP contribution < -0.4 is 0 Å². The van der Waals surface area contributed by atoms with E-state index >= 15 is 0 Å². The van der Waals surface area contributed by atoms with E-state index in [-0.39, 0.29) is 6.61 Å². The van der Waals surface area contributed by atoms with Crippen molar-refractivity contribution in [1.82, 2.24) is 0 Å². The molecule has 1 saturated heterocycles. The summed E-state index contributed by atoms with van der Waals surface area (Å²) in [5.74, 6) is -0.375. The molecule has 82 valence electrons. The van der Waals surface area contributed by atoms with Crippen LogP contribution in [0.15, 0.2) is 0 Å². The lowest BCUT2D eigenvalue weighted by Gasteiger charge is -2.19. The summed E-state index contributed by atoms with van der Waals surface area (Å²) in [5.41, 5.74) is -0.792. The Morgan fingerprint density at radius 2 is 2.36 bits per heavy atom. The van der Waals surface area contributed by atoms with Crippen molar-refractivity contribution in [2.24, 2.45) is 11.3 Å². The number of carboxylic acid groups (broad SMARTS) is 1. The lowest BCUT2D eigenvalue weighted by atomic mass is 9.95. The average Bonchev–Trinajstić information content (AvgIpc) is 2.56. The van der Waals surface area contributed by atoms with Gasteiger partial charge in [0.25, 0.3) is 0 Å². The fourth-order valence-electron chi connectivity index (χ4n) is 1.26. The molecule has 0 aliphatic carbocycles. The first-order valence-electron chi connectivity index (χ1n) is 4.91. The fourth-order valence-corrected chi connectivity index (χ4v) is 1.26. The molecule has 0 amide bonds. The highest BCUT2D eigenvalue weighted by Crippen LogP contribution is 2.18. The summed E-state index contributed by atoms with van der Waals surface area (Å²) < 4.78 is 10.6. The third-order valence-electron chi connectivity index (χ3n) is 2.42. The monoisotopic (exact) mass is 202 g/mol. The minimum Gasteiger partial charge on any atom is -0.481 e. The van der Waals surface area contributed by atoms with Gasteiger partial charge in [0.15, 0.2) is 0 Å². The number of carbonyl (C=O) groups is 1. The van der Waals surface area contributed by atoms with Crippen molar-refractivity contribution in [3.8, 4) is 0 Å². The second-order valence-electron chi connectivity index (χ2n) is 4.43. The van der Waals surface area contributed by atoms with Crippen molar-refractivity contribution in [2.45, 2.75) is 20.3 Å². The number of rotatable bonds is 5. The largest absolute Gasteiger partial charge is 0.481 e. The Morgan fingerprint density at radius 3 is 2.86 bits per heavy atom. The van der Waals surface area contributed by atoms with Gasteiger partial charge in [-0.2, -0.15) is 0 Å². The fraction of sp³-hybridized carbons (Fsp3) is 0.900. The van der Waals surface area contributed by atoms with Crippen LogP contribution in [0, 0.1) is 11.3 Å². The van der Waals surface area contributed by atoms with Crippen molar-refractivity contribution >= 4 is 5.97 Å². The molecule has 1 N–H and O–H groups in total. The molecule has 0 aromatic carbocycles. The van der Waals surface area contributed by atoms with Crippen LogP contribution in [0.5, 0.6) is 0 Å². The molecule has 0 aromatic rings. The van der Waals surface area contributed by atoms with Crippen LogP contribution in [-0.4, -0.2) is 37.5 Å². The van der Waals surface area contributed by atoms with Gasteiger partial charge in [-0.25, -0.2) is 0 Å². The average molecular weight is 202 g/mol. The van der Waals surface area contributed by atoms with E-state index in [2.05, 4.69) is 0 Å². The Bertz CT molecular complexity index is 194. The van der Waals surface area contributed by atoms with E-state index < -0.39 is 11.4 Å². The molecule has 4 nitrogen and oxygen atoms in total. The third-order valence-corrected chi connectivity index (χ3v) is 2.42. The summed E-state index contributed by atoms with van der Waals surface area (Å²) in [4.78, 5) is 10.7. The van der Waals surface area contributed by atoms with E-state index in [4.69, 9.17) is 14.6 Å². The lowest BCUT2D eigenvalue weighted by Crippen LogP contribution is -2.30. The SMILES string of the molecule is CC(C)(COCC1CCOC1)C(=O)O. The quantitative estimate of drug-likeness (QED) is 0.726. The topological polar surface area (TPSA) is 55.8 Å². The third kappa shape index (κ3) is 3.27. The standard InChI is InChI=1S/C10H18O4/c1-10(2,9(11)12)7-14-6-8-3-4-13-5-8/h8H,3-7H2,1-2H3,(H,11,12). The molecule has 1 unspecified atom stereocenters. The van der Waals surface area contributed by atoms with Gasteiger partial charge in [-0.3, -0.25) is 4.79 Å². The highest BCUT2D eigenvalue weighted by Gasteiger charge is 2.28. The Morgan fingerprint density at radius 1 is 1.64 bits per heavy atom. The first-order chi connectivity index (χ1) is 6.52. The first kappa shape index (κ1) is 11.5. The van der Waals surface area contributed by atoms with Gasteiger partial charge in [0, 0.05) is 12.5 Å². The molecule has 0 saturated carbocycles. The highest BCUT2D eigenvalue weighted by molar-refractivity contribution is 5.73. The van der Waals surface area contributed by atoms with Crippen LogP contribution in [-0.2, 0) is 14.3 Å². The van der Waals surface area contributed by atoms with E-state index in [0.29, 0.717) is 12.5 Å². The van der Waals surface area contributed by atoms with Gasteiger partial charge in [0.1, 0.15) is 0 Å². The number of hydrogen-bond donors (Lipinski definition) is 1. The van der Waals surface area contributed by atoms with Crippen LogP contribution in [0.25, 0.3) is 0 Å². The molecule has 1 heterocycles. The minimum atomic E-state index is -0.819. The van der Waals surface area contributed by atoms with E-state index in [9.17, 15) is 4.79 Å². The molecule has 1 rings (SSSR count). The summed E-state index contributed by atoms with van der Waals surface area (Å²) in [6, 6.07) is 0. The van der Waals surface area contributed by atoms with Gasteiger partial charge < -0.3 is 14.6 Å². The summed E-state index contributed by atoms with van der Waals surface area (Å²) >= 11 is 0. The number of carboxylic acids is 1. The maximum Gasteiger partial charge on any atom is 0.311 e. The Hall–Kier alpha value is -0.610. The smallest absolute Gasteiger partial charge is 0.311 e. The molecular formula is C10H18O4. The maximum absolute atomic E-state index is 10.7. The molecule has 4 heteroatoms. The van der Waals surface area contributed by atoms with Crippen molar-refractivity contribution in [1.29, 1.82) is 0 Å². The van der Waals surface area contributed by atoms with Crippen LogP contribution in [0.2, 0.25) is 0 Å². The summed E-state index contributed by atoms with van der Waals surface area (Å²) in [6.45, 7) is 5.75. The van der Waals surface area contributed by atoms with Crippen molar-refractivity contribution in [2.75, 3.05) is 26.4 Å². The zero-order chi connectivity index (χ0) is 10.6. The summed E-state index contributed by atoms with van der Waals surface area (Å²) in [6.07, 6.45) is 1.02. The van der Waals surface area contributed by atoms with Crippen LogP contribution in [0.1, 0.15) is 20.3 Å². The van der Waals surface area contributed by atoms with Crippen LogP contribution in [0.4, 0.5) is 0 Å². The lowest BCUT2D eigenvalue weighted by molar-refractivity contribution is -0.150. The molecule has 1 aliphatic rings. The molecule has 0 spiro atoms. The van der Waals surface area contributed by atoms with E-state index in [1.165, 1.54) is 0 Å². The summed E-state index contributed by atoms with van der Waals surface area (Å²) in [5, 5.41) is 8.83. The zero-order valence-electron chi connectivity index (χ0n) is 8.78. The molecule has 1 atom stereocenters. The van der Waals surface area contributed by atoms with Gasteiger partial charge in [0.05, 0.1) is 25.2 Å². The number of aliphatic carboxylic acids is 1. The highest BCUT2D eigenvalue weighted by atomic mass is 16.5. The normalized spacial score (nSPS) is 22.6. The van der Waals surface area contributed by atoms with Gasteiger partial charge in [-0.15, -0.1) is 0 Å². The predicted molar refractivity (Wildman–Crippen MR) is 51.2 cm³/mol. The number of hydrogen-bond acceptors (Lipinski definition) is 3. The molecule has 14 heavy (non-hydrogen) atoms. The minimum absolute atomic E-state index is 0.263.